The zero-order chi connectivity index (χ0) is 18.4. The van der Waals surface area contributed by atoms with Gasteiger partial charge in [-0.25, -0.2) is 0 Å². The largest absolute Gasteiger partial charge is 0.469 e. The second kappa shape index (κ2) is 8.67. The van der Waals surface area contributed by atoms with Gasteiger partial charge in [0.15, 0.2) is 0 Å². The van der Waals surface area contributed by atoms with Crippen molar-refractivity contribution in [2.45, 2.75) is 50.9 Å². The van der Waals surface area contributed by atoms with Crippen LogP contribution in [0.4, 0.5) is 0 Å². The van der Waals surface area contributed by atoms with Crippen LogP contribution in [0.5, 0.6) is 0 Å². The van der Waals surface area contributed by atoms with Crippen LogP contribution in [-0.4, -0.2) is 33.7 Å². The molecule has 1 atom stereocenters. The maximum absolute atomic E-state index is 12.3. The Balaban J connectivity index is 3.34. The predicted octanol–water partition coefficient (Wildman–Crippen LogP) is 4.36. The third kappa shape index (κ3) is 5.08. The molecule has 0 radical (unpaired) electrons. The van der Waals surface area contributed by atoms with Crippen molar-refractivity contribution in [2.24, 2.45) is 0 Å². The van der Waals surface area contributed by atoms with Gasteiger partial charge >= 0.3 is 11.9 Å². The number of esters is 2. The fraction of sp³-hybridized carbons (Fsp3) is 0.556. The Morgan fingerprint density at radius 2 is 1.71 bits per heavy atom. The van der Waals surface area contributed by atoms with Gasteiger partial charge in [-0.15, -0.1) is 0 Å². The van der Waals surface area contributed by atoms with E-state index in [2.05, 4.69) is 19.6 Å². The van der Waals surface area contributed by atoms with E-state index >= 15 is 0 Å². The highest BCUT2D eigenvalue weighted by Crippen LogP contribution is 2.42. The van der Waals surface area contributed by atoms with Crippen LogP contribution in [0.1, 0.15) is 31.7 Å². The molecular formula is C18H27ClO4Si. The van der Waals surface area contributed by atoms with Gasteiger partial charge < -0.3 is 9.47 Å². The molecule has 0 bridgehead atoms. The van der Waals surface area contributed by atoms with Crippen molar-refractivity contribution in [2.75, 3.05) is 13.7 Å². The van der Waals surface area contributed by atoms with Crippen LogP contribution in [0.3, 0.4) is 0 Å². The molecule has 4 nitrogen and oxygen atoms in total. The van der Waals surface area contributed by atoms with Gasteiger partial charge in [-0.05, 0) is 31.0 Å². The smallest absolute Gasteiger partial charge is 0.306 e. The van der Waals surface area contributed by atoms with E-state index in [-0.39, 0.29) is 24.8 Å². The second-order valence-electron chi connectivity index (χ2n) is 6.90. The minimum Gasteiger partial charge on any atom is -0.469 e. The molecule has 0 aliphatic heterocycles. The second-order valence-corrected chi connectivity index (χ2v) is 12.8. The van der Waals surface area contributed by atoms with Crippen LogP contribution in [-0.2, 0) is 24.1 Å². The first-order chi connectivity index (χ1) is 11.2. The lowest BCUT2D eigenvalue weighted by atomic mass is 9.89. The van der Waals surface area contributed by atoms with Gasteiger partial charge in [0.05, 0.1) is 28.2 Å². The van der Waals surface area contributed by atoms with Crippen molar-refractivity contribution < 1.29 is 19.1 Å². The van der Waals surface area contributed by atoms with E-state index in [1.165, 1.54) is 7.11 Å². The summed E-state index contributed by atoms with van der Waals surface area (Å²) in [6, 6.07) is 7.57. The fourth-order valence-corrected chi connectivity index (χ4v) is 5.76. The van der Waals surface area contributed by atoms with Gasteiger partial charge in [0.2, 0.25) is 0 Å². The standard InChI is InChI=1S/C18H27ClO4Si/c1-6-23-17(21)13-18(24(3,4)5,12-11-16(20)22-2)14-7-9-15(19)10-8-14/h7-10H,6,11-13H2,1-5H3. The number of methoxy groups -OCH3 is 1. The van der Waals surface area contributed by atoms with E-state index in [1.807, 2.05) is 24.3 Å². The fourth-order valence-electron chi connectivity index (χ4n) is 3.05. The van der Waals surface area contributed by atoms with E-state index in [0.29, 0.717) is 18.1 Å². The summed E-state index contributed by atoms with van der Waals surface area (Å²) >= 11 is 6.03. The highest BCUT2D eigenvalue weighted by Gasteiger charge is 2.46. The van der Waals surface area contributed by atoms with Crippen molar-refractivity contribution in [1.29, 1.82) is 0 Å². The van der Waals surface area contributed by atoms with Crippen molar-refractivity contribution in [3.63, 3.8) is 0 Å². The van der Waals surface area contributed by atoms with E-state index in [1.54, 1.807) is 6.92 Å². The Labute approximate surface area is 150 Å². The average molecular weight is 371 g/mol. The monoisotopic (exact) mass is 370 g/mol. The lowest BCUT2D eigenvalue weighted by Crippen LogP contribution is -2.51. The molecule has 0 aliphatic carbocycles. The minimum absolute atomic E-state index is 0.236. The third-order valence-electron chi connectivity index (χ3n) is 4.57. The molecule has 0 saturated carbocycles. The number of hydrogen-bond acceptors (Lipinski definition) is 4. The Kier molecular flexibility index (Phi) is 7.48. The molecule has 134 valence electrons. The normalized spacial score (nSPS) is 13.9. The molecule has 1 unspecified atom stereocenters. The molecule has 0 saturated heterocycles. The maximum Gasteiger partial charge on any atom is 0.306 e. The van der Waals surface area contributed by atoms with Gasteiger partial charge in [0.1, 0.15) is 0 Å². The molecule has 1 aromatic rings. The molecule has 0 aromatic heterocycles. The molecule has 1 aromatic carbocycles. The molecule has 1 rings (SSSR count). The summed E-state index contributed by atoms with van der Waals surface area (Å²) in [5.41, 5.74) is 1.03. The molecule has 0 spiro atoms. The van der Waals surface area contributed by atoms with Gasteiger partial charge in [0, 0.05) is 16.5 Å². The molecule has 0 fully saturated rings. The van der Waals surface area contributed by atoms with Crippen LogP contribution >= 0.6 is 11.6 Å². The number of benzene rings is 1. The number of ether oxygens (including phenoxy) is 2. The average Bonchev–Trinajstić information content (AvgIpc) is 2.51. The number of carbonyl (C=O) groups excluding carboxylic acids is 2. The van der Waals surface area contributed by atoms with Crippen LogP contribution < -0.4 is 0 Å². The van der Waals surface area contributed by atoms with Gasteiger partial charge in [-0.1, -0.05) is 43.4 Å². The predicted molar refractivity (Wildman–Crippen MR) is 99.0 cm³/mol. The van der Waals surface area contributed by atoms with E-state index in [4.69, 9.17) is 21.1 Å². The van der Waals surface area contributed by atoms with Crippen molar-refractivity contribution >= 4 is 31.6 Å². The number of hydrogen-bond donors (Lipinski definition) is 0. The molecule has 0 N–H and O–H groups in total. The Morgan fingerprint density at radius 1 is 1.12 bits per heavy atom. The summed E-state index contributed by atoms with van der Waals surface area (Å²) in [5.74, 6) is -0.504. The van der Waals surface area contributed by atoms with Crippen LogP contribution in [0.15, 0.2) is 24.3 Å². The summed E-state index contributed by atoms with van der Waals surface area (Å²) in [4.78, 5) is 24.1. The maximum atomic E-state index is 12.3. The SMILES string of the molecule is CCOC(=O)CC(CCC(=O)OC)(c1ccc(Cl)cc1)[Si](C)(C)C. The Morgan fingerprint density at radius 3 is 2.17 bits per heavy atom. The van der Waals surface area contributed by atoms with Crippen molar-refractivity contribution in [3.05, 3.63) is 34.9 Å². The molecular weight excluding hydrogens is 344 g/mol. The summed E-state index contributed by atoms with van der Waals surface area (Å²) in [6.07, 6.45) is 1.08. The van der Waals surface area contributed by atoms with Gasteiger partial charge in [-0.2, -0.15) is 0 Å². The number of rotatable bonds is 8. The topological polar surface area (TPSA) is 52.6 Å². The third-order valence-corrected chi connectivity index (χ3v) is 8.41. The lowest BCUT2D eigenvalue weighted by Gasteiger charge is -2.44. The quantitative estimate of drug-likeness (QED) is 0.504. The highest BCUT2D eigenvalue weighted by molar-refractivity contribution is 6.79. The summed E-state index contributed by atoms with van der Waals surface area (Å²) < 4.78 is 10.0. The van der Waals surface area contributed by atoms with E-state index < -0.39 is 13.1 Å². The van der Waals surface area contributed by atoms with E-state index in [9.17, 15) is 9.59 Å². The first-order valence-corrected chi connectivity index (χ1v) is 12.0. The van der Waals surface area contributed by atoms with Gasteiger partial charge in [-0.3, -0.25) is 9.59 Å². The highest BCUT2D eigenvalue weighted by atomic mass is 35.5. The molecule has 0 amide bonds. The zero-order valence-electron chi connectivity index (χ0n) is 15.1. The molecule has 24 heavy (non-hydrogen) atoms. The first kappa shape index (κ1) is 20.7. The molecule has 0 heterocycles. The lowest BCUT2D eigenvalue weighted by molar-refractivity contribution is -0.145. The van der Waals surface area contributed by atoms with Crippen LogP contribution in [0.25, 0.3) is 0 Å². The first-order valence-electron chi connectivity index (χ1n) is 8.15. The molecule has 6 heteroatoms. The van der Waals surface area contributed by atoms with E-state index in [0.717, 1.165) is 5.56 Å². The van der Waals surface area contributed by atoms with Crippen molar-refractivity contribution in [3.8, 4) is 0 Å². The minimum atomic E-state index is -1.92. The van der Waals surface area contributed by atoms with Crippen LogP contribution in [0, 0.1) is 0 Å². The number of halogens is 1. The Hall–Kier alpha value is -1.33. The van der Waals surface area contributed by atoms with Gasteiger partial charge in [0.25, 0.3) is 0 Å². The summed E-state index contributed by atoms with van der Waals surface area (Å²) in [5, 5.41) is 0.227. The Bertz CT molecular complexity index is 565. The van der Waals surface area contributed by atoms with Crippen LogP contribution in [0.2, 0.25) is 24.7 Å². The zero-order valence-corrected chi connectivity index (χ0v) is 16.9. The summed E-state index contributed by atoms with van der Waals surface area (Å²) in [6.45, 7) is 8.76. The van der Waals surface area contributed by atoms with Crippen molar-refractivity contribution in [1.82, 2.24) is 0 Å². The summed E-state index contributed by atoms with van der Waals surface area (Å²) in [7, 11) is -0.537. The number of carbonyl (C=O) groups is 2. The molecule has 0 aliphatic rings.